The Balaban J connectivity index is 1.37. The SMILES string of the molecule is CC(C)CN1CCOC(CNC(=O)CCC(=O)N2CCC(c3ccccc3)=N2)C1. The number of amides is 2. The third-order valence-corrected chi connectivity index (χ3v) is 5.14. The van der Waals surface area contributed by atoms with Gasteiger partial charge in [0.1, 0.15) is 0 Å². The molecular formula is C22H32N4O3. The van der Waals surface area contributed by atoms with E-state index in [1.165, 1.54) is 5.01 Å². The van der Waals surface area contributed by atoms with E-state index < -0.39 is 0 Å². The van der Waals surface area contributed by atoms with Crippen LogP contribution in [0.15, 0.2) is 35.4 Å². The highest BCUT2D eigenvalue weighted by molar-refractivity contribution is 6.02. The lowest BCUT2D eigenvalue weighted by molar-refractivity contribution is -0.133. The molecule has 7 heteroatoms. The Morgan fingerprint density at radius 3 is 2.76 bits per heavy atom. The molecule has 0 aliphatic carbocycles. The first kappa shape index (κ1) is 21.5. The summed E-state index contributed by atoms with van der Waals surface area (Å²) < 4.78 is 5.75. The number of hydrazone groups is 1. The summed E-state index contributed by atoms with van der Waals surface area (Å²) >= 11 is 0. The number of nitrogens with one attached hydrogen (secondary N) is 1. The fourth-order valence-electron chi connectivity index (χ4n) is 3.72. The lowest BCUT2D eigenvalue weighted by Gasteiger charge is -2.33. The quantitative estimate of drug-likeness (QED) is 0.723. The van der Waals surface area contributed by atoms with Crippen molar-refractivity contribution >= 4 is 17.5 Å². The van der Waals surface area contributed by atoms with Crippen LogP contribution in [0.4, 0.5) is 0 Å². The number of ether oxygens (including phenoxy) is 1. The van der Waals surface area contributed by atoms with Crippen LogP contribution < -0.4 is 5.32 Å². The summed E-state index contributed by atoms with van der Waals surface area (Å²) in [4.78, 5) is 26.9. The Bertz CT molecular complexity index is 720. The topological polar surface area (TPSA) is 74.2 Å². The number of rotatable bonds is 8. The van der Waals surface area contributed by atoms with E-state index in [0.717, 1.165) is 37.3 Å². The summed E-state index contributed by atoms with van der Waals surface area (Å²) in [5.41, 5.74) is 1.96. The molecule has 1 fully saturated rings. The predicted molar refractivity (Wildman–Crippen MR) is 113 cm³/mol. The minimum absolute atomic E-state index is 0.0127. The lowest BCUT2D eigenvalue weighted by atomic mass is 10.1. The maximum atomic E-state index is 12.4. The van der Waals surface area contributed by atoms with E-state index >= 15 is 0 Å². The number of morpholine rings is 1. The maximum absolute atomic E-state index is 12.4. The second-order valence-corrected chi connectivity index (χ2v) is 8.13. The van der Waals surface area contributed by atoms with Crippen LogP contribution in [0.5, 0.6) is 0 Å². The first-order chi connectivity index (χ1) is 14.0. The van der Waals surface area contributed by atoms with Gasteiger partial charge in [-0.3, -0.25) is 14.5 Å². The van der Waals surface area contributed by atoms with Crippen LogP contribution in [0.1, 0.15) is 38.7 Å². The van der Waals surface area contributed by atoms with E-state index in [2.05, 4.69) is 29.2 Å². The summed E-state index contributed by atoms with van der Waals surface area (Å²) in [6.07, 6.45) is 1.10. The molecule has 3 rings (SSSR count). The Hall–Kier alpha value is -2.25. The van der Waals surface area contributed by atoms with Gasteiger partial charge < -0.3 is 10.1 Å². The van der Waals surface area contributed by atoms with Gasteiger partial charge in [0.15, 0.2) is 0 Å². The van der Waals surface area contributed by atoms with Crippen molar-refractivity contribution in [3.05, 3.63) is 35.9 Å². The molecule has 0 spiro atoms. The molecule has 7 nitrogen and oxygen atoms in total. The van der Waals surface area contributed by atoms with Gasteiger partial charge in [-0.2, -0.15) is 5.10 Å². The van der Waals surface area contributed by atoms with Crippen molar-refractivity contribution in [1.82, 2.24) is 15.2 Å². The van der Waals surface area contributed by atoms with Crippen LogP contribution in [-0.4, -0.2) is 72.9 Å². The highest BCUT2D eigenvalue weighted by Crippen LogP contribution is 2.15. The van der Waals surface area contributed by atoms with Crippen molar-refractivity contribution in [3.8, 4) is 0 Å². The van der Waals surface area contributed by atoms with E-state index in [1.54, 1.807) is 0 Å². The molecule has 29 heavy (non-hydrogen) atoms. The summed E-state index contributed by atoms with van der Waals surface area (Å²) in [6, 6.07) is 9.88. The lowest BCUT2D eigenvalue weighted by Crippen LogP contribution is -2.48. The number of nitrogens with zero attached hydrogens (tertiary/aromatic N) is 3. The Labute approximate surface area is 173 Å². The molecule has 0 aromatic heterocycles. The van der Waals surface area contributed by atoms with Crippen LogP contribution in [-0.2, 0) is 14.3 Å². The van der Waals surface area contributed by atoms with Crippen LogP contribution >= 0.6 is 0 Å². The molecule has 2 aliphatic rings. The fourth-order valence-corrected chi connectivity index (χ4v) is 3.72. The third kappa shape index (κ3) is 6.65. The van der Waals surface area contributed by atoms with E-state index in [4.69, 9.17) is 4.74 Å². The minimum atomic E-state index is -0.116. The van der Waals surface area contributed by atoms with Crippen molar-refractivity contribution < 1.29 is 14.3 Å². The van der Waals surface area contributed by atoms with Crippen molar-refractivity contribution in [3.63, 3.8) is 0 Å². The van der Waals surface area contributed by atoms with Gasteiger partial charge in [0, 0.05) is 45.4 Å². The van der Waals surface area contributed by atoms with E-state index in [1.807, 2.05) is 30.3 Å². The average Bonchev–Trinajstić information content (AvgIpc) is 3.21. The first-order valence-corrected chi connectivity index (χ1v) is 10.5. The van der Waals surface area contributed by atoms with Crippen molar-refractivity contribution in [2.45, 2.75) is 39.2 Å². The van der Waals surface area contributed by atoms with Crippen LogP contribution in [0.3, 0.4) is 0 Å². The smallest absolute Gasteiger partial charge is 0.243 e. The summed E-state index contributed by atoms with van der Waals surface area (Å²) in [7, 11) is 0. The zero-order valence-corrected chi connectivity index (χ0v) is 17.5. The van der Waals surface area contributed by atoms with Crippen LogP contribution in [0, 0.1) is 5.92 Å². The first-order valence-electron chi connectivity index (χ1n) is 10.5. The monoisotopic (exact) mass is 400 g/mol. The Morgan fingerprint density at radius 1 is 1.21 bits per heavy atom. The average molecular weight is 401 g/mol. The molecule has 158 valence electrons. The number of carbonyl (C=O) groups excluding carboxylic acids is 2. The molecule has 2 aliphatic heterocycles. The van der Waals surface area contributed by atoms with Gasteiger partial charge in [0.25, 0.3) is 0 Å². The molecule has 0 saturated carbocycles. The van der Waals surface area contributed by atoms with Gasteiger partial charge in [-0.05, 0) is 11.5 Å². The van der Waals surface area contributed by atoms with E-state index in [9.17, 15) is 9.59 Å². The van der Waals surface area contributed by atoms with Gasteiger partial charge in [0.05, 0.1) is 25.0 Å². The maximum Gasteiger partial charge on any atom is 0.243 e. The molecule has 0 radical (unpaired) electrons. The molecule has 2 heterocycles. The molecule has 1 atom stereocenters. The summed E-state index contributed by atoms with van der Waals surface area (Å²) in [5, 5.41) is 8.83. The normalized spacial score (nSPS) is 20.0. The molecule has 1 unspecified atom stereocenters. The highest BCUT2D eigenvalue weighted by atomic mass is 16.5. The molecular weight excluding hydrogens is 368 g/mol. The largest absolute Gasteiger partial charge is 0.374 e. The van der Waals surface area contributed by atoms with Gasteiger partial charge in [-0.15, -0.1) is 0 Å². The van der Waals surface area contributed by atoms with Crippen molar-refractivity contribution in [1.29, 1.82) is 0 Å². The third-order valence-electron chi connectivity index (χ3n) is 5.14. The molecule has 1 aromatic carbocycles. The zero-order valence-electron chi connectivity index (χ0n) is 17.5. The molecule has 2 amide bonds. The van der Waals surface area contributed by atoms with Crippen molar-refractivity contribution in [2.75, 3.05) is 39.3 Å². The number of benzene rings is 1. The van der Waals surface area contributed by atoms with Gasteiger partial charge in [-0.1, -0.05) is 44.2 Å². The standard InChI is InChI=1S/C22H32N4O3/c1-17(2)15-25-12-13-29-19(16-25)14-23-21(27)8-9-22(28)26-11-10-20(24-26)18-6-4-3-5-7-18/h3-7,17,19H,8-16H2,1-2H3,(H,23,27). The van der Waals surface area contributed by atoms with Crippen LogP contribution in [0.2, 0.25) is 0 Å². The van der Waals surface area contributed by atoms with Gasteiger partial charge in [0.2, 0.25) is 11.8 Å². The predicted octanol–water partition coefficient (Wildman–Crippen LogP) is 1.88. The minimum Gasteiger partial charge on any atom is -0.374 e. The van der Waals surface area contributed by atoms with E-state index in [-0.39, 0.29) is 30.8 Å². The Kier molecular flexibility index (Phi) is 7.77. The fraction of sp³-hybridized carbons (Fsp3) is 0.591. The number of hydrogen-bond donors (Lipinski definition) is 1. The zero-order chi connectivity index (χ0) is 20.6. The summed E-state index contributed by atoms with van der Waals surface area (Å²) in [6.45, 7) is 8.99. The molecule has 1 saturated heterocycles. The molecule has 1 N–H and O–H groups in total. The number of hydrogen-bond acceptors (Lipinski definition) is 5. The van der Waals surface area contributed by atoms with Gasteiger partial charge >= 0.3 is 0 Å². The summed E-state index contributed by atoms with van der Waals surface area (Å²) in [5.74, 6) is 0.391. The van der Waals surface area contributed by atoms with Gasteiger partial charge in [-0.25, -0.2) is 5.01 Å². The Morgan fingerprint density at radius 2 is 2.00 bits per heavy atom. The van der Waals surface area contributed by atoms with Crippen molar-refractivity contribution in [2.24, 2.45) is 11.0 Å². The highest BCUT2D eigenvalue weighted by Gasteiger charge is 2.23. The number of carbonyl (C=O) groups is 2. The molecule has 1 aromatic rings. The van der Waals surface area contributed by atoms with Crippen LogP contribution in [0.25, 0.3) is 0 Å². The second kappa shape index (κ2) is 10.5. The second-order valence-electron chi connectivity index (χ2n) is 8.13. The molecule has 0 bridgehead atoms. The van der Waals surface area contributed by atoms with E-state index in [0.29, 0.717) is 25.6 Å².